The number of nitrogens with zero attached hydrogens (tertiary/aromatic N) is 3. The minimum absolute atomic E-state index is 0.319. The topological polar surface area (TPSA) is 76.7 Å². The van der Waals surface area contributed by atoms with Crippen molar-refractivity contribution in [1.82, 2.24) is 15.0 Å². The zero-order chi connectivity index (χ0) is 13.1. The number of rotatable bonds is 3. The minimum Gasteiger partial charge on any atom is -0.389 e. The van der Waals surface area contributed by atoms with Gasteiger partial charge in [0, 0.05) is 5.69 Å². The molecule has 0 atom stereocenters. The van der Waals surface area contributed by atoms with Crippen LogP contribution in [0.15, 0.2) is 24.8 Å². The second kappa shape index (κ2) is 5.05. The highest BCUT2D eigenvalue weighted by atomic mass is 32.1. The molecule has 0 bridgehead atoms. The number of aryl methyl sites for hydroxylation is 2. The van der Waals surface area contributed by atoms with Gasteiger partial charge < -0.3 is 11.1 Å². The predicted octanol–water partition coefficient (Wildman–Crippen LogP) is 1.87. The van der Waals surface area contributed by atoms with Crippen molar-refractivity contribution in [2.45, 2.75) is 13.8 Å². The third-order valence-corrected chi connectivity index (χ3v) is 2.62. The number of nitrogens with one attached hydrogen (secondary N) is 1. The first-order chi connectivity index (χ1) is 8.58. The summed E-state index contributed by atoms with van der Waals surface area (Å²) >= 11 is 5.06. The van der Waals surface area contributed by atoms with E-state index in [0.717, 1.165) is 22.5 Å². The number of nitrogens with two attached hydrogens (primary N) is 1. The summed E-state index contributed by atoms with van der Waals surface area (Å²) in [5.74, 6) is 0.634. The molecule has 2 aromatic heterocycles. The number of hydrogen-bond acceptors (Lipinski definition) is 5. The Kier molecular flexibility index (Phi) is 3.47. The fourth-order valence-corrected chi connectivity index (χ4v) is 2.00. The van der Waals surface area contributed by atoms with E-state index in [-0.39, 0.29) is 0 Å². The molecule has 2 rings (SSSR count). The van der Waals surface area contributed by atoms with E-state index in [2.05, 4.69) is 20.3 Å². The van der Waals surface area contributed by atoms with Gasteiger partial charge in [-0.15, -0.1) is 0 Å². The molecule has 0 aromatic carbocycles. The highest BCUT2D eigenvalue weighted by Crippen LogP contribution is 2.21. The van der Waals surface area contributed by atoms with E-state index < -0.39 is 0 Å². The lowest BCUT2D eigenvalue weighted by Crippen LogP contribution is -2.15. The molecule has 0 aliphatic heterocycles. The van der Waals surface area contributed by atoms with E-state index in [9.17, 15) is 0 Å². The molecule has 2 aromatic rings. The number of hydrogen-bond donors (Lipinski definition) is 2. The van der Waals surface area contributed by atoms with Crippen LogP contribution in [0.3, 0.4) is 0 Å². The van der Waals surface area contributed by atoms with Gasteiger partial charge in [0.2, 0.25) is 0 Å². The number of pyridine rings is 1. The lowest BCUT2D eigenvalue weighted by Gasteiger charge is -2.13. The van der Waals surface area contributed by atoms with Crippen molar-refractivity contribution in [3.05, 3.63) is 41.6 Å². The van der Waals surface area contributed by atoms with Crippen molar-refractivity contribution in [2.75, 3.05) is 5.32 Å². The van der Waals surface area contributed by atoms with E-state index >= 15 is 0 Å². The Morgan fingerprint density at radius 1 is 1.28 bits per heavy atom. The Morgan fingerprint density at radius 2 is 1.94 bits per heavy atom. The Labute approximate surface area is 110 Å². The molecule has 5 nitrogen and oxygen atoms in total. The maximum atomic E-state index is 5.74. The molecular formula is C12H13N5S. The SMILES string of the molecule is Cc1cc(C)c(C(N)=S)c(Nc2cncnc2)n1. The van der Waals surface area contributed by atoms with Crippen molar-refractivity contribution in [2.24, 2.45) is 5.73 Å². The van der Waals surface area contributed by atoms with Crippen LogP contribution in [0.25, 0.3) is 0 Å². The van der Waals surface area contributed by atoms with Crippen LogP contribution in [0, 0.1) is 13.8 Å². The maximum absolute atomic E-state index is 5.74. The van der Waals surface area contributed by atoms with Crippen LogP contribution in [0.4, 0.5) is 11.5 Å². The number of thiocarbonyl (C=S) groups is 1. The summed E-state index contributed by atoms with van der Waals surface area (Å²) in [6.07, 6.45) is 4.79. The molecule has 0 aliphatic carbocycles. The highest BCUT2D eigenvalue weighted by Gasteiger charge is 2.11. The van der Waals surface area contributed by atoms with Crippen molar-refractivity contribution < 1.29 is 0 Å². The molecule has 0 amide bonds. The van der Waals surface area contributed by atoms with E-state index in [0.29, 0.717) is 10.8 Å². The van der Waals surface area contributed by atoms with E-state index in [1.807, 2.05) is 19.9 Å². The maximum Gasteiger partial charge on any atom is 0.141 e. The standard InChI is InChI=1S/C12H13N5S/c1-7-3-8(2)16-12(10(7)11(13)18)17-9-4-14-6-15-5-9/h3-6H,1-2H3,(H2,13,18)(H,16,17). The van der Waals surface area contributed by atoms with Gasteiger partial charge in [-0.3, -0.25) is 0 Å². The van der Waals surface area contributed by atoms with Crippen LogP contribution in [-0.2, 0) is 0 Å². The molecule has 18 heavy (non-hydrogen) atoms. The summed E-state index contributed by atoms with van der Waals surface area (Å²) in [7, 11) is 0. The van der Waals surface area contributed by atoms with Crippen molar-refractivity contribution in [3.63, 3.8) is 0 Å². The lowest BCUT2D eigenvalue weighted by molar-refractivity contribution is 1.14. The lowest BCUT2D eigenvalue weighted by atomic mass is 10.1. The van der Waals surface area contributed by atoms with Gasteiger partial charge in [-0.1, -0.05) is 12.2 Å². The van der Waals surface area contributed by atoms with Crippen molar-refractivity contribution in [1.29, 1.82) is 0 Å². The van der Waals surface area contributed by atoms with Crippen LogP contribution in [0.2, 0.25) is 0 Å². The second-order valence-electron chi connectivity index (χ2n) is 3.92. The van der Waals surface area contributed by atoms with Crippen LogP contribution in [0.1, 0.15) is 16.8 Å². The van der Waals surface area contributed by atoms with Gasteiger partial charge in [0.25, 0.3) is 0 Å². The normalized spacial score (nSPS) is 10.1. The average molecular weight is 259 g/mol. The molecule has 0 spiro atoms. The molecule has 0 unspecified atom stereocenters. The van der Waals surface area contributed by atoms with Crippen LogP contribution in [0.5, 0.6) is 0 Å². The molecule has 0 radical (unpaired) electrons. The molecule has 0 saturated heterocycles. The Balaban J connectivity index is 2.46. The number of anilines is 2. The van der Waals surface area contributed by atoms with Crippen molar-refractivity contribution >= 4 is 28.7 Å². The monoisotopic (exact) mass is 259 g/mol. The van der Waals surface area contributed by atoms with Gasteiger partial charge in [-0.2, -0.15) is 0 Å². The zero-order valence-electron chi connectivity index (χ0n) is 10.1. The molecule has 0 fully saturated rings. The fourth-order valence-electron chi connectivity index (χ4n) is 1.74. The van der Waals surface area contributed by atoms with Crippen LogP contribution < -0.4 is 11.1 Å². The second-order valence-corrected chi connectivity index (χ2v) is 4.36. The fraction of sp³-hybridized carbons (Fsp3) is 0.167. The van der Waals surface area contributed by atoms with Crippen molar-refractivity contribution in [3.8, 4) is 0 Å². The smallest absolute Gasteiger partial charge is 0.141 e. The molecule has 2 heterocycles. The van der Waals surface area contributed by atoms with Gasteiger partial charge in [0.1, 0.15) is 17.1 Å². The summed E-state index contributed by atoms with van der Waals surface area (Å²) in [5.41, 5.74) is 9.12. The number of aromatic nitrogens is 3. The third kappa shape index (κ3) is 2.60. The minimum atomic E-state index is 0.319. The highest BCUT2D eigenvalue weighted by molar-refractivity contribution is 7.80. The van der Waals surface area contributed by atoms with Gasteiger partial charge in [-0.25, -0.2) is 15.0 Å². The molecular weight excluding hydrogens is 246 g/mol. The van der Waals surface area contributed by atoms with Gasteiger partial charge >= 0.3 is 0 Å². The first-order valence-corrected chi connectivity index (χ1v) is 5.79. The third-order valence-electron chi connectivity index (χ3n) is 2.41. The van der Waals surface area contributed by atoms with Gasteiger partial charge in [-0.05, 0) is 25.5 Å². The Bertz CT molecular complexity index is 583. The quantitative estimate of drug-likeness (QED) is 0.819. The summed E-state index contributed by atoms with van der Waals surface area (Å²) in [6.45, 7) is 3.87. The zero-order valence-corrected chi connectivity index (χ0v) is 11.0. The van der Waals surface area contributed by atoms with E-state index in [1.54, 1.807) is 12.4 Å². The molecule has 0 saturated carbocycles. The van der Waals surface area contributed by atoms with Gasteiger partial charge in [0.05, 0.1) is 23.6 Å². The molecule has 0 aliphatic rings. The predicted molar refractivity (Wildman–Crippen MR) is 74.9 cm³/mol. The molecule has 92 valence electrons. The van der Waals surface area contributed by atoms with Crippen LogP contribution >= 0.6 is 12.2 Å². The summed E-state index contributed by atoms with van der Waals surface area (Å²) in [4.78, 5) is 12.6. The summed E-state index contributed by atoms with van der Waals surface area (Å²) in [6, 6.07) is 1.95. The summed E-state index contributed by atoms with van der Waals surface area (Å²) < 4.78 is 0. The van der Waals surface area contributed by atoms with E-state index in [4.69, 9.17) is 18.0 Å². The first kappa shape index (κ1) is 12.4. The molecule has 3 N–H and O–H groups in total. The Hall–Kier alpha value is -2.08. The van der Waals surface area contributed by atoms with E-state index in [1.165, 1.54) is 6.33 Å². The summed E-state index contributed by atoms with van der Waals surface area (Å²) in [5, 5.41) is 3.13. The molecule has 6 heteroatoms. The Morgan fingerprint density at radius 3 is 2.56 bits per heavy atom. The van der Waals surface area contributed by atoms with Crippen LogP contribution in [-0.4, -0.2) is 19.9 Å². The first-order valence-electron chi connectivity index (χ1n) is 5.38. The average Bonchev–Trinajstić information content (AvgIpc) is 2.28. The van der Waals surface area contributed by atoms with Gasteiger partial charge in [0.15, 0.2) is 0 Å². The largest absolute Gasteiger partial charge is 0.389 e.